The number of methoxy groups -OCH3 is 1. The molecule has 0 saturated heterocycles. The third-order valence-corrected chi connectivity index (χ3v) is 3.24. The van der Waals surface area contributed by atoms with Gasteiger partial charge < -0.3 is 14.5 Å². The van der Waals surface area contributed by atoms with E-state index in [1.54, 1.807) is 7.11 Å². The second kappa shape index (κ2) is 6.16. The Morgan fingerprint density at radius 1 is 1.63 bits per heavy atom. The van der Waals surface area contributed by atoms with Gasteiger partial charge in [0.25, 0.3) is 5.89 Å². The maximum Gasteiger partial charge on any atom is 0.307 e. The van der Waals surface area contributed by atoms with Gasteiger partial charge in [0.2, 0.25) is 0 Å². The van der Waals surface area contributed by atoms with Crippen molar-refractivity contribution >= 4 is 5.91 Å². The highest BCUT2D eigenvalue weighted by molar-refractivity contribution is 5.89. The fourth-order valence-corrected chi connectivity index (χ4v) is 2.20. The maximum atomic E-state index is 12.0. The van der Waals surface area contributed by atoms with Gasteiger partial charge in [-0.1, -0.05) is 6.92 Å². The quantitative estimate of drug-likeness (QED) is 0.855. The van der Waals surface area contributed by atoms with E-state index in [-0.39, 0.29) is 17.8 Å². The summed E-state index contributed by atoms with van der Waals surface area (Å²) in [6, 6.07) is -0.0615. The average Bonchev–Trinajstić information content (AvgIpc) is 2.81. The summed E-state index contributed by atoms with van der Waals surface area (Å²) in [7, 11) is 1.60. The van der Waals surface area contributed by atoms with E-state index in [0.717, 1.165) is 37.5 Å². The molecule has 2 heterocycles. The number of carbonyl (C=O) groups is 1. The average molecular weight is 267 g/mol. The molecule has 2 rings (SSSR count). The molecule has 6 heteroatoms. The minimum absolute atomic E-state index is 0.0615. The summed E-state index contributed by atoms with van der Waals surface area (Å²) >= 11 is 0. The van der Waals surface area contributed by atoms with Crippen LogP contribution < -0.4 is 5.32 Å². The number of ether oxygens (including phenoxy) is 1. The molecule has 0 aliphatic carbocycles. The summed E-state index contributed by atoms with van der Waals surface area (Å²) in [5, 5.41) is 2.80. The van der Waals surface area contributed by atoms with E-state index in [1.165, 1.54) is 0 Å². The molecule has 0 spiro atoms. The zero-order chi connectivity index (χ0) is 13.8. The molecule has 1 aliphatic heterocycles. The van der Waals surface area contributed by atoms with Crippen molar-refractivity contribution in [2.24, 2.45) is 0 Å². The maximum absolute atomic E-state index is 12.0. The Kier molecular flexibility index (Phi) is 4.55. The molecule has 6 nitrogen and oxygen atoms in total. The minimum Gasteiger partial charge on any atom is -0.437 e. The van der Waals surface area contributed by atoms with Crippen LogP contribution in [0.4, 0.5) is 0 Å². The van der Waals surface area contributed by atoms with Gasteiger partial charge in [0.15, 0.2) is 0 Å². The van der Waals surface area contributed by atoms with Crippen molar-refractivity contribution in [2.75, 3.05) is 26.8 Å². The van der Waals surface area contributed by atoms with Crippen LogP contribution in [0.2, 0.25) is 0 Å². The summed E-state index contributed by atoms with van der Waals surface area (Å²) < 4.78 is 10.5. The molecule has 0 radical (unpaired) electrons. The van der Waals surface area contributed by atoms with Crippen molar-refractivity contribution in [1.82, 2.24) is 15.2 Å². The number of carbonyl (C=O) groups excluding carboxylic acids is 1. The van der Waals surface area contributed by atoms with Crippen LogP contribution in [-0.2, 0) is 17.7 Å². The second-order valence-corrected chi connectivity index (χ2v) is 4.84. The summed E-state index contributed by atoms with van der Waals surface area (Å²) in [6.07, 6.45) is 0.817. The van der Waals surface area contributed by atoms with Crippen LogP contribution in [0.3, 0.4) is 0 Å². The highest BCUT2D eigenvalue weighted by Gasteiger charge is 2.24. The first-order valence-electron chi connectivity index (χ1n) is 6.64. The first kappa shape index (κ1) is 14.0. The monoisotopic (exact) mass is 267 g/mol. The summed E-state index contributed by atoms with van der Waals surface area (Å²) in [4.78, 5) is 18.5. The van der Waals surface area contributed by atoms with Gasteiger partial charge in [0.05, 0.1) is 12.3 Å². The number of oxazole rings is 1. The van der Waals surface area contributed by atoms with E-state index < -0.39 is 0 Å². The number of hydrogen-bond donors (Lipinski definition) is 1. The van der Waals surface area contributed by atoms with Crippen molar-refractivity contribution in [2.45, 2.75) is 32.9 Å². The Morgan fingerprint density at radius 2 is 2.42 bits per heavy atom. The number of aromatic nitrogens is 1. The van der Waals surface area contributed by atoms with Gasteiger partial charge in [0.1, 0.15) is 5.76 Å². The molecular formula is C13H21N3O3. The first-order valence-corrected chi connectivity index (χ1v) is 6.64. The van der Waals surface area contributed by atoms with Gasteiger partial charge in [-0.2, -0.15) is 0 Å². The molecule has 106 valence electrons. The first-order chi connectivity index (χ1) is 9.13. The van der Waals surface area contributed by atoms with Crippen molar-refractivity contribution in [3.8, 4) is 0 Å². The van der Waals surface area contributed by atoms with Crippen LogP contribution in [0.5, 0.6) is 0 Å². The molecule has 0 saturated carbocycles. The highest BCUT2D eigenvalue weighted by Crippen LogP contribution is 2.19. The molecule has 0 bridgehead atoms. The van der Waals surface area contributed by atoms with E-state index >= 15 is 0 Å². The van der Waals surface area contributed by atoms with Gasteiger partial charge >= 0.3 is 5.91 Å². The summed E-state index contributed by atoms with van der Waals surface area (Å²) in [6.45, 7) is 7.17. The van der Waals surface area contributed by atoms with Gasteiger partial charge in [-0.25, -0.2) is 4.98 Å². The molecule has 1 atom stereocenters. The van der Waals surface area contributed by atoms with Gasteiger partial charge in [-0.15, -0.1) is 0 Å². The number of rotatable bonds is 5. The standard InChI is InChI=1S/C13H21N3O3/c1-4-16-6-5-11-10(7-16)15-13(19-11)12(17)14-9(2)8-18-3/h9H,4-8H2,1-3H3,(H,14,17). The third-order valence-electron chi connectivity index (χ3n) is 3.24. The molecule has 0 fully saturated rings. The van der Waals surface area contributed by atoms with Crippen LogP contribution in [0.25, 0.3) is 0 Å². The zero-order valence-electron chi connectivity index (χ0n) is 11.7. The lowest BCUT2D eigenvalue weighted by molar-refractivity contribution is 0.0869. The van der Waals surface area contributed by atoms with Crippen molar-refractivity contribution < 1.29 is 13.9 Å². The number of amides is 1. The largest absolute Gasteiger partial charge is 0.437 e. The topological polar surface area (TPSA) is 67.6 Å². The van der Waals surface area contributed by atoms with Gasteiger partial charge in [0, 0.05) is 32.7 Å². The van der Waals surface area contributed by atoms with Gasteiger partial charge in [-0.3, -0.25) is 9.69 Å². The molecular weight excluding hydrogens is 246 g/mol. The molecule has 1 amide bonds. The fraction of sp³-hybridized carbons (Fsp3) is 0.692. The van der Waals surface area contributed by atoms with Crippen LogP contribution in [0.15, 0.2) is 4.42 Å². The van der Waals surface area contributed by atoms with E-state index in [0.29, 0.717) is 6.61 Å². The molecule has 19 heavy (non-hydrogen) atoms. The Hall–Kier alpha value is -1.40. The smallest absolute Gasteiger partial charge is 0.307 e. The normalized spacial score (nSPS) is 17.0. The van der Waals surface area contributed by atoms with E-state index in [1.807, 2.05) is 6.92 Å². The van der Waals surface area contributed by atoms with Crippen molar-refractivity contribution in [3.05, 3.63) is 17.3 Å². The van der Waals surface area contributed by atoms with E-state index in [2.05, 4.69) is 22.1 Å². The Balaban J connectivity index is 2.02. The Labute approximate surface area is 113 Å². The van der Waals surface area contributed by atoms with E-state index in [4.69, 9.17) is 9.15 Å². The Bertz CT molecular complexity index is 444. The number of hydrogen-bond acceptors (Lipinski definition) is 5. The lowest BCUT2D eigenvalue weighted by Gasteiger charge is -2.22. The van der Waals surface area contributed by atoms with Crippen LogP contribution >= 0.6 is 0 Å². The van der Waals surface area contributed by atoms with Crippen LogP contribution in [0, 0.1) is 0 Å². The second-order valence-electron chi connectivity index (χ2n) is 4.84. The molecule has 1 aromatic heterocycles. The van der Waals surface area contributed by atoms with Crippen LogP contribution in [0.1, 0.15) is 36.0 Å². The SMILES string of the molecule is CCN1CCc2oc(C(=O)NC(C)COC)nc2C1. The molecule has 1 aliphatic rings. The third kappa shape index (κ3) is 3.33. The zero-order valence-corrected chi connectivity index (χ0v) is 11.7. The molecule has 1 unspecified atom stereocenters. The summed E-state index contributed by atoms with van der Waals surface area (Å²) in [5.74, 6) is 0.724. The van der Waals surface area contributed by atoms with Crippen molar-refractivity contribution in [3.63, 3.8) is 0 Å². The Morgan fingerprint density at radius 3 is 3.11 bits per heavy atom. The summed E-state index contributed by atoms with van der Waals surface area (Å²) in [5.41, 5.74) is 0.887. The lowest BCUT2D eigenvalue weighted by atomic mass is 10.2. The van der Waals surface area contributed by atoms with Crippen molar-refractivity contribution in [1.29, 1.82) is 0 Å². The van der Waals surface area contributed by atoms with Crippen LogP contribution in [-0.4, -0.2) is 48.6 Å². The van der Waals surface area contributed by atoms with Gasteiger partial charge in [-0.05, 0) is 13.5 Å². The fourth-order valence-electron chi connectivity index (χ4n) is 2.20. The predicted molar refractivity (Wildman–Crippen MR) is 70.0 cm³/mol. The lowest BCUT2D eigenvalue weighted by Crippen LogP contribution is -2.35. The minimum atomic E-state index is -0.276. The predicted octanol–water partition coefficient (Wildman–Crippen LogP) is 0.817. The van der Waals surface area contributed by atoms with E-state index in [9.17, 15) is 4.79 Å². The highest BCUT2D eigenvalue weighted by atomic mass is 16.5. The number of likely N-dealkylation sites (N-methyl/N-ethyl adjacent to an activating group) is 1. The molecule has 1 aromatic rings. The number of nitrogens with zero attached hydrogens (tertiary/aromatic N) is 2. The molecule has 0 aromatic carbocycles. The number of nitrogens with one attached hydrogen (secondary N) is 1. The number of fused-ring (bicyclic) bond motifs is 1. The molecule has 1 N–H and O–H groups in total.